The highest BCUT2D eigenvalue weighted by atomic mass is 35.5. The predicted octanol–water partition coefficient (Wildman–Crippen LogP) is 4.37. The number of morpholine rings is 1. The zero-order valence-corrected chi connectivity index (χ0v) is 15.9. The summed E-state index contributed by atoms with van der Waals surface area (Å²) in [5.41, 5.74) is 2.41. The zero-order valence-electron chi connectivity index (χ0n) is 14.2. The molecule has 0 N–H and O–H groups in total. The molecule has 1 heterocycles. The number of hydrogen-bond acceptors (Lipinski definition) is 4. The van der Waals surface area contributed by atoms with Crippen LogP contribution < -0.4 is 0 Å². The number of ether oxygens (including phenoxy) is 1. The third-order valence-corrected chi connectivity index (χ3v) is 3.48. The van der Waals surface area contributed by atoms with Crippen molar-refractivity contribution >= 4 is 29.7 Å². The Kier molecular flexibility index (Phi) is 9.85. The van der Waals surface area contributed by atoms with Crippen LogP contribution in [0.4, 0.5) is 0 Å². The number of rotatable bonds is 2. The second-order valence-electron chi connectivity index (χ2n) is 5.75. The lowest BCUT2D eigenvalue weighted by Crippen LogP contribution is -2.37. The molecule has 0 unspecified atom stereocenters. The molecule has 0 spiro atoms. The maximum absolute atomic E-state index is 5.69. The smallest absolute Gasteiger partial charge is 0.218 e. The summed E-state index contributed by atoms with van der Waals surface area (Å²) in [4.78, 5) is 5.69. The lowest BCUT2D eigenvalue weighted by Gasteiger charge is -2.26. The van der Waals surface area contributed by atoms with E-state index in [4.69, 9.17) is 21.8 Å². The van der Waals surface area contributed by atoms with Crippen molar-refractivity contribution in [1.82, 2.24) is 5.06 Å². The van der Waals surface area contributed by atoms with Gasteiger partial charge in [0.25, 0.3) is 0 Å². The summed E-state index contributed by atoms with van der Waals surface area (Å²) in [6.45, 7) is 13.5. The number of hydrogen-bond donors (Lipinski definition) is 0. The van der Waals surface area contributed by atoms with Crippen molar-refractivity contribution in [1.29, 1.82) is 0 Å². The van der Waals surface area contributed by atoms with Gasteiger partial charge >= 0.3 is 0 Å². The van der Waals surface area contributed by atoms with Crippen LogP contribution in [0.5, 0.6) is 0 Å². The monoisotopic (exact) mass is 345 g/mol. The first-order valence-corrected chi connectivity index (χ1v) is 8.03. The Balaban J connectivity index is 0.00000141. The van der Waals surface area contributed by atoms with E-state index in [1.54, 1.807) is 0 Å². The summed E-state index contributed by atoms with van der Waals surface area (Å²) in [5.74, 6) is 0. The van der Waals surface area contributed by atoms with Gasteiger partial charge in [0, 0.05) is 5.56 Å². The third-order valence-electron chi connectivity index (χ3n) is 3.17. The molecule has 0 radical (unpaired) electrons. The molecule has 1 aliphatic rings. The van der Waals surface area contributed by atoms with Crippen molar-refractivity contribution in [3.8, 4) is 0 Å². The Morgan fingerprint density at radius 2 is 1.59 bits per heavy atom. The van der Waals surface area contributed by atoms with Crippen molar-refractivity contribution in [2.75, 3.05) is 26.3 Å². The summed E-state index contributed by atoms with van der Waals surface area (Å²) in [5, 5.41) is 2.39. The van der Waals surface area contributed by atoms with Crippen LogP contribution in [0, 0.1) is 0 Å². The SMILES string of the molecule is CC.CC(C)(C)c1ccc(C(=S)ON2CCOCC2)cc1.Cl. The van der Waals surface area contributed by atoms with E-state index in [0.29, 0.717) is 18.3 Å². The molecule has 1 saturated heterocycles. The zero-order chi connectivity index (χ0) is 15.9. The lowest BCUT2D eigenvalue weighted by molar-refractivity contribution is -0.126. The van der Waals surface area contributed by atoms with Crippen LogP contribution in [0.25, 0.3) is 0 Å². The largest absolute Gasteiger partial charge is 0.393 e. The lowest BCUT2D eigenvalue weighted by atomic mass is 9.87. The topological polar surface area (TPSA) is 21.7 Å². The van der Waals surface area contributed by atoms with Crippen molar-refractivity contribution in [3.63, 3.8) is 0 Å². The Morgan fingerprint density at radius 3 is 2.05 bits per heavy atom. The van der Waals surface area contributed by atoms with Gasteiger partial charge in [0.05, 0.1) is 26.3 Å². The maximum Gasteiger partial charge on any atom is 0.218 e. The van der Waals surface area contributed by atoms with E-state index in [-0.39, 0.29) is 17.8 Å². The number of nitrogens with zero attached hydrogens (tertiary/aromatic N) is 1. The van der Waals surface area contributed by atoms with Gasteiger partial charge in [-0.2, -0.15) is 0 Å². The molecule has 2 rings (SSSR count). The van der Waals surface area contributed by atoms with E-state index in [1.165, 1.54) is 5.56 Å². The fourth-order valence-corrected chi connectivity index (χ4v) is 2.16. The molecule has 1 aromatic rings. The van der Waals surface area contributed by atoms with E-state index in [9.17, 15) is 0 Å². The molecule has 0 saturated carbocycles. The third kappa shape index (κ3) is 6.61. The van der Waals surface area contributed by atoms with Crippen molar-refractivity contribution in [3.05, 3.63) is 35.4 Å². The van der Waals surface area contributed by atoms with E-state index < -0.39 is 0 Å². The fourth-order valence-electron chi connectivity index (χ4n) is 1.91. The first-order chi connectivity index (χ1) is 9.97. The quantitative estimate of drug-likeness (QED) is 0.742. The first-order valence-electron chi connectivity index (χ1n) is 7.62. The summed E-state index contributed by atoms with van der Waals surface area (Å²) in [7, 11) is 0. The standard InChI is InChI=1S/C15H21NO2S.C2H6.ClH/c1-15(2,3)13-6-4-12(5-7-13)14(19)18-16-8-10-17-11-9-16;1-2;/h4-7H,8-11H2,1-3H3;1-2H3;1H. The van der Waals surface area contributed by atoms with Crippen LogP contribution in [0.2, 0.25) is 0 Å². The van der Waals surface area contributed by atoms with Crippen molar-refractivity contribution in [2.45, 2.75) is 40.0 Å². The van der Waals surface area contributed by atoms with E-state index in [1.807, 2.05) is 31.0 Å². The second kappa shape index (κ2) is 10.2. The molecule has 22 heavy (non-hydrogen) atoms. The summed E-state index contributed by atoms with van der Waals surface area (Å²) >= 11 is 5.33. The van der Waals surface area contributed by atoms with Gasteiger partial charge < -0.3 is 9.57 Å². The van der Waals surface area contributed by atoms with Gasteiger partial charge in [0.1, 0.15) is 0 Å². The van der Waals surface area contributed by atoms with E-state index in [0.717, 1.165) is 18.7 Å². The molecule has 0 atom stereocenters. The molecule has 0 aliphatic carbocycles. The predicted molar refractivity (Wildman–Crippen MR) is 98.9 cm³/mol. The van der Waals surface area contributed by atoms with Gasteiger partial charge in [-0.25, -0.2) is 0 Å². The minimum atomic E-state index is 0. The molecule has 0 amide bonds. The highest BCUT2D eigenvalue weighted by Crippen LogP contribution is 2.22. The molecule has 5 heteroatoms. The number of hydroxylamine groups is 2. The molecule has 3 nitrogen and oxygen atoms in total. The Hall–Kier alpha value is -0.680. The van der Waals surface area contributed by atoms with Crippen LogP contribution >= 0.6 is 24.6 Å². The van der Waals surface area contributed by atoms with Gasteiger partial charge in [-0.3, -0.25) is 0 Å². The molecule has 1 aromatic carbocycles. The van der Waals surface area contributed by atoms with Gasteiger partial charge in [-0.1, -0.05) is 46.8 Å². The highest BCUT2D eigenvalue weighted by molar-refractivity contribution is 7.80. The average molecular weight is 346 g/mol. The molecule has 1 aliphatic heterocycles. The van der Waals surface area contributed by atoms with Gasteiger partial charge in [0.2, 0.25) is 5.05 Å². The number of halogens is 1. The van der Waals surface area contributed by atoms with Crippen LogP contribution in [-0.4, -0.2) is 36.4 Å². The van der Waals surface area contributed by atoms with Crippen molar-refractivity contribution < 1.29 is 9.57 Å². The minimum absolute atomic E-state index is 0. The highest BCUT2D eigenvalue weighted by Gasteiger charge is 2.16. The van der Waals surface area contributed by atoms with Crippen LogP contribution in [0.3, 0.4) is 0 Å². The van der Waals surface area contributed by atoms with E-state index in [2.05, 4.69) is 32.9 Å². The molecule has 0 bridgehead atoms. The number of thiocarbonyl (C=S) groups is 1. The minimum Gasteiger partial charge on any atom is -0.393 e. The normalized spacial score (nSPS) is 15.1. The summed E-state index contributed by atoms with van der Waals surface area (Å²) in [6, 6.07) is 8.29. The summed E-state index contributed by atoms with van der Waals surface area (Å²) in [6.07, 6.45) is 0. The molecular formula is C17H28ClNO2S. The van der Waals surface area contributed by atoms with Gasteiger partial charge in [0.15, 0.2) is 0 Å². The molecule has 1 fully saturated rings. The van der Waals surface area contributed by atoms with Crippen LogP contribution in [0.1, 0.15) is 45.7 Å². The summed E-state index contributed by atoms with van der Waals surface area (Å²) < 4.78 is 5.28. The van der Waals surface area contributed by atoms with Crippen LogP contribution in [0.15, 0.2) is 24.3 Å². The Bertz CT molecular complexity index is 437. The molecule has 126 valence electrons. The van der Waals surface area contributed by atoms with E-state index >= 15 is 0 Å². The average Bonchev–Trinajstić information content (AvgIpc) is 2.49. The number of benzene rings is 1. The Morgan fingerprint density at radius 1 is 1.09 bits per heavy atom. The second-order valence-corrected chi connectivity index (χ2v) is 6.12. The molecule has 0 aromatic heterocycles. The Labute approximate surface area is 146 Å². The molecular weight excluding hydrogens is 318 g/mol. The van der Waals surface area contributed by atoms with Gasteiger partial charge in [-0.05, 0) is 35.3 Å². The van der Waals surface area contributed by atoms with Crippen LogP contribution in [-0.2, 0) is 15.0 Å². The maximum atomic E-state index is 5.69. The first kappa shape index (κ1) is 21.3. The van der Waals surface area contributed by atoms with Gasteiger partial charge in [-0.15, -0.1) is 17.5 Å². The van der Waals surface area contributed by atoms with Crippen molar-refractivity contribution in [2.24, 2.45) is 0 Å². The fraction of sp³-hybridized carbons (Fsp3) is 0.588.